The average Bonchev–Trinajstić information content (AvgIpc) is 2.80. The number of hydrogen-bond donors (Lipinski definition) is 4. The highest BCUT2D eigenvalue weighted by Gasteiger charge is 2.22. The Hall–Kier alpha value is -2.12. The Kier molecular flexibility index (Phi) is 3.18. The molecule has 0 unspecified atom stereocenters. The van der Waals surface area contributed by atoms with Crippen LogP contribution >= 0.6 is 0 Å². The van der Waals surface area contributed by atoms with Crippen LogP contribution in [0.5, 0.6) is 0 Å². The second-order valence-corrected chi connectivity index (χ2v) is 3.75. The zero-order valence-electron chi connectivity index (χ0n) is 9.60. The maximum absolute atomic E-state index is 11.8. The smallest absolute Gasteiger partial charge is 0.423 e. The lowest BCUT2D eigenvalue weighted by atomic mass is 9.79. The molecule has 2 rings (SSSR count). The molecule has 4 N–H and O–H groups in total. The van der Waals surface area contributed by atoms with Gasteiger partial charge in [0.2, 0.25) is 0 Å². The first-order valence-electron chi connectivity index (χ1n) is 5.28. The molecule has 1 amide bonds. The van der Waals surface area contributed by atoms with E-state index in [1.807, 2.05) is 0 Å². The maximum Gasteiger partial charge on any atom is 0.490 e. The summed E-state index contributed by atoms with van der Waals surface area (Å²) in [5.74, 6) is -1.39. The fourth-order valence-corrected chi connectivity index (χ4v) is 1.82. The third kappa shape index (κ3) is 1.89. The molecule has 0 bridgehead atoms. The summed E-state index contributed by atoms with van der Waals surface area (Å²) in [5, 5.41) is 21.1. The molecule has 0 aliphatic carbocycles. The summed E-state index contributed by atoms with van der Waals surface area (Å²) >= 11 is 0. The van der Waals surface area contributed by atoms with Gasteiger partial charge in [0.25, 0.3) is 11.7 Å². The quantitative estimate of drug-likeness (QED) is 0.309. The van der Waals surface area contributed by atoms with Crippen LogP contribution in [-0.2, 0) is 4.79 Å². The van der Waals surface area contributed by atoms with E-state index < -0.39 is 18.8 Å². The van der Waals surface area contributed by atoms with Crippen molar-refractivity contribution in [3.05, 3.63) is 30.0 Å². The van der Waals surface area contributed by atoms with Crippen molar-refractivity contribution in [1.29, 1.82) is 0 Å². The van der Waals surface area contributed by atoms with Crippen molar-refractivity contribution in [2.24, 2.45) is 0 Å². The number of likely N-dealkylation sites (N-methyl/N-ethyl adjacent to an activating group) is 1. The van der Waals surface area contributed by atoms with Crippen molar-refractivity contribution in [2.45, 2.75) is 0 Å². The van der Waals surface area contributed by atoms with E-state index in [0.29, 0.717) is 10.9 Å². The number of rotatable bonds is 3. The molecule has 0 fully saturated rings. The lowest BCUT2D eigenvalue weighted by molar-refractivity contribution is -0.116. The number of para-hydroxylation sites is 1. The van der Waals surface area contributed by atoms with Gasteiger partial charge in [-0.25, -0.2) is 0 Å². The molecule has 18 heavy (non-hydrogen) atoms. The van der Waals surface area contributed by atoms with Crippen LogP contribution in [0.3, 0.4) is 0 Å². The zero-order valence-corrected chi connectivity index (χ0v) is 9.60. The molecule has 7 heteroatoms. The number of hydrogen-bond acceptors (Lipinski definition) is 4. The molecule has 0 spiro atoms. The average molecular weight is 246 g/mol. The maximum atomic E-state index is 11.8. The van der Waals surface area contributed by atoms with Gasteiger partial charge in [0.05, 0.1) is 5.56 Å². The van der Waals surface area contributed by atoms with Crippen molar-refractivity contribution >= 4 is 35.2 Å². The number of aromatic nitrogens is 1. The van der Waals surface area contributed by atoms with Gasteiger partial charge < -0.3 is 20.3 Å². The first-order valence-corrected chi connectivity index (χ1v) is 5.28. The number of amides is 1. The van der Waals surface area contributed by atoms with Gasteiger partial charge in [-0.2, -0.15) is 0 Å². The lowest BCUT2D eigenvalue weighted by Crippen LogP contribution is -2.30. The molecule has 1 aromatic carbocycles. The third-order valence-corrected chi connectivity index (χ3v) is 2.70. The van der Waals surface area contributed by atoms with Crippen molar-refractivity contribution in [1.82, 2.24) is 10.3 Å². The van der Waals surface area contributed by atoms with Crippen molar-refractivity contribution < 1.29 is 19.6 Å². The summed E-state index contributed by atoms with van der Waals surface area (Å²) in [6, 6.07) is 4.75. The van der Waals surface area contributed by atoms with Crippen LogP contribution in [0.15, 0.2) is 24.4 Å². The Balaban J connectivity index is 2.59. The standard InChI is InChI=1S/C11H11BN2O4/c1-13-11(16)10(15)7-5-14-9-6(7)3-2-4-8(9)12(17)18/h2-5,14,17-18H,1H3,(H,13,16). The monoisotopic (exact) mass is 246 g/mol. The first-order chi connectivity index (χ1) is 8.56. The molecule has 0 saturated carbocycles. The van der Waals surface area contributed by atoms with Gasteiger partial charge in [-0.05, 0) is 0 Å². The molecule has 0 aliphatic heterocycles. The van der Waals surface area contributed by atoms with Gasteiger partial charge in [0.1, 0.15) is 0 Å². The Morgan fingerprint density at radius 3 is 2.67 bits per heavy atom. The molecule has 1 heterocycles. The predicted octanol–water partition coefficient (Wildman–Crippen LogP) is -1.22. The molecule has 0 radical (unpaired) electrons. The summed E-state index contributed by atoms with van der Waals surface area (Å²) < 4.78 is 0. The van der Waals surface area contributed by atoms with Crippen LogP contribution in [0.2, 0.25) is 0 Å². The van der Waals surface area contributed by atoms with Gasteiger partial charge in [0.15, 0.2) is 0 Å². The molecule has 92 valence electrons. The highest BCUT2D eigenvalue weighted by atomic mass is 16.4. The van der Waals surface area contributed by atoms with E-state index in [1.165, 1.54) is 19.3 Å². The highest BCUT2D eigenvalue weighted by Crippen LogP contribution is 2.17. The molecule has 2 aromatic rings. The minimum Gasteiger partial charge on any atom is -0.423 e. The fraction of sp³-hybridized carbons (Fsp3) is 0.0909. The number of nitrogens with one attached hydrogen (secondary N) is 2. The summed E-state index contributed by atoms with van der Waals surface area (Å²) in [5.41, 5.74) is 0.884. The highest BCUT2D eigenvalue weighted by molar-refractivity contribution is 6.62. The van der Waals surface area contributed by atoms with E-state index in [0.717, 1.165) is 0 Å². The van der Waals surface area contributed by atoms with E-state index in [9.17, 15) is 19.6 Å². The fourth-order valence-electron chi connectivity index (χ4n) is 1.82. The minimum absolute atomic E-state index is 0.201. The van der Waals surface area contributed by atoms with Crippen LogP contribution in [0, 0.1) is 0 Å². The molecular formula is C11H11BN2O4. The normalized spacial score (nSPS) is 10.4. The van der Waals surface area contributed by atoms with E-state index in [1.54, 1.807) is 12.1 Å². The Morgan fingerprint density at radius 1 is 1.33 bits per heavy atom. The van der Waals surface area contributed by atoms with Crippen molar-refractivity contribution in [2.75, 3.05) is 7.05 Å². The summed E-state index contributed by atoms with van der Waals surface area (Å²) in [6.45, 7) is 0. The SMILES string of the molecule is CNC(=O)C(=O)c1c[nH]c2c(B(O)O)cccc12. The van der Waals surface area contributed by atoms with Crippen LogP contribution in [0.1, 0.15) is 10.4 Å². The Bertz CT molecular complexity index is 621. The number of Topliss-reactive ketones (excluding diaryl/α,β-unsaturated/α-hetero) is 1. The topological polar surface area (TPSA) is 102 Å². The van der Waals surface area contributed by atoms with Gasteiger partial charge in [-0.15, -0.1) is 0 Å². The van der Waals surface area contributed by atoms with Crippen molar-refractivity contribution in [3.63, 3.8) is 0 Å². The molecule has 0 aliphatic rings. The number of aromatic amines is 1. The van der Waals surface area contributed by atoms with Gasteiger partial charge in [-0.3, -0.25) is 9.59 Å². The minimum atomic E-state index is -1.64. The van der Waals surface area contributed by atoms with E-state index in [-0.39, 0.29) is 11.0 Å². The van der Waals surface area contributed by atoms with Crippen molar-refractivity contribution in [3.8, 4) is 0 Å². The Labute approximate surface area is 103 Å². The molecular weight excluding hydrogens is 235 g/mol. The summed E-state index contributed by atoms with van der Waals surface area (Å²) in [7, 11) is -0.270. The third-order valence-electron chi connectivity index (χ3n) is 2.70. The van der Waals surface area contributed by atoms with Crippen LogP contribution in [0.4, 0.5) is 0 Å². The number of benzene rings is 1. The number of fused-ring (bicyclic) bond motifs is 1. The largest absolute Gasteiger partial charge is 0.490 e. The van der Waals surface area contributed by atoms with Crippen LogP contribution in [0.25, 0.3) is 10.9 Å². The second kappa shape index (κ2) is 4.63. The Morgan fingerprint density at radius 2 is 2.06 bits per heavy atom. The van der Waals surface area contributed by atoms with Gasteiger partial charge >= 0.3 is 7.12 Å². The summed E-state index contributed by atoms with van der Waals surface area (Å²) in [4.78, 5) is 25.9. The van der Waals surface area contributed by atoms with Gasteiger partial charge in [-0.1, -0.05) is 18.2 Å². The zero-order chi connectivity index (χ0) is 13.3. The van der Waals surface area contributed by atoms with E-state index >= 15 is 0 Å². The lowest BCUT2D eigenvalue weighted by Gasteiger charge is -2.02. The van der Waals surface area contributed by atoms with E-state index in [2.05, 4.69) is 10.3 Å². The molecule has 1 aromatic heterocycles. The summed E-state index contributed by atoms with van der Waals surface area (Å²) in [6.07, 6.45) is 1.38. The number of H-pyrrole nitrogens is 1. The molecule has 0 atom stereocenters. The van der Waals surface area contributed by atoms with Crippen LogP contribution in [-0.4, -0.2) is 40.9 Å². The van der Waals surface area contributed by atoms with Gasteiger partial charge in [0, 0.05) is 29.6 Å². The number of carbonyl (C=O) groups is 2. The molecule has 0 saturated heterocycles. The number of carbonyl (C=O) groups excluding carboxylic acids is 2. The number of ketones is 1. The molecule has 6 nitrogen and oxygen atoms in total. The second-order valence-electron chi connectivity index (χ2n) is 3.75. The van der Waals surface area contributed by atoms with E-state index in [4.69, 9.17) is 0 Å². The first kappa shape index (κ1) is 12.3. The van der Waals surface area contributed by atoms with Crippen LogP contribution < -0.4 is 10.8 Å². The predicted molar refractivity (Wildman–Crippen MR) is 66.5 cm³/mol.